The normalized spacial score (nSPS) is 22.4. The van der Waals surface area contributed by atoms with Crippen molar-refractivity contribution in [3.63, 3.8) is 0 Å². The minimum atomic E-state index is -6.36. The van der Waals surface area contributed by atoms with Gasteiger partial charge in [-0.25, -0.2) is 12.8 Å². The van der Waals surface area contributed by atoms with E-state index in [9.17, 15) is 53.5 Å². The maximum Gasteiger partial charge on any atom is 0.594 e. The standard InChI is InChI=1S/C26H24F7INO6SSi/c1-22(13-36,14-41-43-40)21(37)35-11-10-23(42(38,39)18-6-4-17(34)5-7-18)19-8-3-16(12-15(19)2-9-20(23)35)24(27,25(28,29)30)26(31,32)33/h3-8,12,20,36H,2,9-11,13-14H2,1H3/t20-,22?,23-/m1/s1. The second-order valence-electron chi connectivity index (χ2n) is 10.8. The predicted molar refractivity (Wildman–Crippen MR) is 145 cm³/mol. The van der Waals surface area contributed by atoms with Crippen molar-refractivity contribution in [2.24, 2.45) is 5.41 Å². The van der Waals surface area contributed by atoms with Crippen LogP contribution in [0.4, 0.5) is 30.7 Å². The molecule has 1 heterocycles. The van der Waals surface area contributed by atoms with Crippen LogP contribution in [0.1, 0.15) is 36.5 Å². The molecule has 0 saturated carbocycles. The molecule has 2 aliphatic rings. The summed E-state index contributed by atoms with van der Waals surface area (Å²) in [6.45, 7) is -0.120. The molecule has 0 aromatic heterocycles. The van der Waals surface area contributed by atoms with Gasteiger partial charge in [-0.05, 0) is 84.2 Å². The van der Waals surface area contributed by atoms with E-state index >= 15 is 0 Å². The minimum Gasteiger partial charge on any atom is -0.519 e. The summed E-state index contributed by atoms with van der Waals surface area (Å²) in [6, 6.07) is 5.90. The van der Waals surface area contributed by atoms with Crippen LogP contribution in [0, 0.1) is 8.99 Å². The molecule has 1 radical (unpaired) electrons. The van der Waals surface area contributed by atoms with Gasteiger partial charge in [-0.1, -0.05) is 18.2 Å². The molecule has 1 saturated heterocycles. The topological polar surface area (TPSA) is 101 Å². The van der Waals surface area contributed by atoms with Crippen LogP contribution >= 0.6 is 22.6 Å². The molecule has 43 heavy (non-hydrogen) atoms. The summed E-state index contributed by atoms with van der Waals surface area (Å²) in [6.07, 6.45) is -13.5. The summed E-state index contributed by atoms with van der Waals surface area (Å²) in [7, 11) is -5.76. The molecule has 2 aromatic carbocycles. The third-order valence-corrected chi connectivity index (χ3v) is 11.8. The highest BCUT2D eigenvalue weighted by Gasteiger charge is 2.74. The Morgan fingerprint density at radius 2 is 1.70 bits per heavy atom. The Morgan fingerprint density at radius 1 is 1.09 bits per heavy atom. The van der Waals surface area contributed by atoms with Crippen LogP contribution in [0.3, 0.4) is 0 Å². The number of benzene rings is 2. The molecule has 17 heteroatoms. The van der Waals surface area contributed by atoms with Crippen molar-refractivity contribution < 1.29 is 57.9 Å². The van der Waals surface area contributed by atoms with E-state index in [0.29, 0.717) is 15.7 Å². The highest BCUT2D eigenvalue weighted by Crippen LogP contribution is 2.57. The van der Waals surface area contributed by atoms with E-state index in [0.717, 1.165) is 6.07 Å². The largest absolute Gasteiger partial charge is 0.594 e. The molecule has 235 valence electrons. The van der Waals surface area contributed by atoms with Crippen molar-refractivity contribution in [1.29, 1.82) is 0 Å². The first-order valence-electron chi connectivity index (χ1n) is 12.7. The summed E-state index contributed by atoms with van der Waals surface area (Å²) >= 11 is 1.94. The number of alkyl halides is 7. The second kappa shape index (κ2) is 11.3. The molecule has 1 aliphatic carbocycles. The highest BCUT2D eigenvalue weighted by atomic mass is 127. The molecule has 1 amide bonds. The summed E-state index contributed by atoms with van der Waals surface area (Å²) in [5.74, 6) is -0.741. The molecule has 7 nitrogen and oxygen atoms in total. The van der Waals surface area contributed by atoms with Gasteiger partial charge >= 0.3 is 27.7 Å². The molecular weight excluding hydrogens is 742 g/mol. The predicted octanol–water partition coefficient (Wildman–Crippen LogP) is 4.78. The number of likely N-dealkylation sites (tertiary alicyclic amines) is 1. The maximum atomic E-state index is 15.0. The van der Waals surface area contributed by atoms with Crippen molar-refractivity contribution >= 4 is 48.0 Å². The molecule has 1 N–H and O–H groups in total. The van der Waals surface area contributed by atoms with E-state index in [-0.39, 0.29) is 41.8 Å². The smallest absolute Gasteiger partial charge is 0.519 e. The van der Waals surface area contributed by atoms with Crippen LogP contribution in [0.5, 0.6) is 0 Å². The average Bonchev–Trinajstić information content (AvgIpc) is 3.35. The van der Waals surface area contributed by atoms with E-state index in [4.69, 9.17) is 4.43 Å². The third-order valence-electron chi connectivity index (χ3n) is 8.25. The fourth-order valence-corrected chi connectivity index (χ4v) is 9.11. The van der Waals surface area contributed by atoms with Crippen LogP contribution in [-0.2, 0) is 40.4 Å². The van der Waals surface area contributed by atoms with Crippen molar-refractivity contribution in [3.05, 3.63) is 62.7 Å². The molecule has 2 aromatic rings. The van der Waals surface area contributed by atoms with Crippen LogP contribution in [-0.4, -0.2) is 72.1 Å². The van der Waals surface area contributed by atoms with Crippen LogP contribution < -0.4 is 0 Å². The van der Waals surface area contributed by atoms with Gasteiger partial charge in [0.05, 0.1) is 24.2 Å². The molecular formula is C26H24F7INO6SSi. The van der Waals surface area contributed by atoms with Gasteiger partial charge in [0.25, 0.3) is 0 Å². The van der Waals surface area contributed by atoms with Gasteiger partial charge in [0.1, 0.15) is 10.2 Å². The summed E-state index contributed by atoms with van der Waals surface area (Å²) in [5.41, 5.74) is -9.46. The highest BCUT2D eigenvalue weighted by molar-refractivity contribution is 14.1. The van der Waals surface area contributed by atoms with Crippen LogP contribution in [0.25, 0.3) is 0 Å². The first-order valence-corrected chi connectivity index (χ1v) is 16.1. The lowest BCUT2D eigenvalue weighted by Crippen LogP contribution is -2.56. The first kappa shape index (κ1) is 33.8. The molecule has 4 rings (SSSR count). The Labute approximate surface area is 257 Å². The van der Waals surface area contributed by atoms with Crippen LogP contribution in [0.15, 0.2) is 47.4 Å². The van der Waals surface area contributed by atoms with E-state index < -0.39 is 78.4 Å². The Balaban J connectivity index is 1.94. The maximum absolute atomic E-state index is 15.0. The van der Waals surface area contributed by atoms with Crippen LogP contribution in [0.2, 0.25) is 0 Å². The zero-order valence-corrected chi connectivity index (χ0v) is 26.2. The number of rotatable bonds is 8. The van der Waals surface area contributed by atoms with E-state index in [2.05, 4.69) is 0 Å². The lowest BCUT2D eigenvalue weighted by atomic mass is 9.76. The minimum absolute atomic E-state index is 0.143. The number of sulfone groups is 1. The number of aliphatic hydroxyl groups excluding tert-OH is 1. The van der Waals surface area contributed by atoms with Gasteiger partial charge < -0.3 is 18.9 Å². The molecule has 1 fully saturated rings. The number of hydrogen-bond donors (Lipinski definition) is 1. The average molecular weight is 767 g/mol. The quantitative estimate of drug-likeness (QED) is 0.236. The Morgan fingerprint density at radius 3 is 2.23 bits per heavy atom. The molecule has 1 unspecified atom stereocenters. The first-order chi connectivity index (χ1) is 19.8. The lowest BCUT2D eigenvalue weighted by molar-refractivity contribution is -0.348. The fraction of sp³-hybridized carbons (Fsp3) is 0.500. The Kier molecular flexibility index (Phi) is 8.91. The summed E-state index contributed by atoms with van der Waals surface area (Å²) < 4.78 is 140. The van der Waals surface area contributed by atoms with Crippen molar-refractivity contribution in [2.75, 3.05) is 19.8 Å². The summed E-state index contributed by atoms with van der Waals surface area (Å²) in [5, 5.41) is 10.00. The number of fused-ring (bicyclic) bond motifs is 3. The van der Waals surface area contributed by atoms with Gasteiger partial charge in [0.2, 0.25) is 5.91 Å². The number of carbonyl (C=O) groups is 1. The Bertz CT molecular complexity index is 1510. The van der Waals surface area contributed by atoms with Gasteiger partial charge in [-0.15, -0.1) is 0 Å². The third kappa shape index (κ3) is 5.20. The Hall–Kier alpha value is -2.12. The zero-order chi connectivity index (χ0) is 32.2. The monoisotopic (exact) mass is 766 g/mol. The van der Waals surface area contributed by atoms with E-state index in [1.54, 1.807) is 0 Å². The lowest BCUT2D eigenvalue weighted by Gasteiger charge is -2.44. The number of amides is 1. The fourth-order valence-electron chi connectivity index (χ4n) is 6.01. The number of halogens is 8. The van der Waals surface area contributed by atoms with Gasteiger partial charge in [0, 0.05) is 15.7 Å². The molecule has 0 spiro atoms. The number of nitrogens with zero attached hydrogens (tertiary/aromatic N) is 1. The summed E-state index contributed by atoms with van der Waals surface area (Å²) in [4.78, 5) is 14.7. The molecule has 3 atom stereocenters. The number of carbonyl (C=O) groups excluding carboxylic acids is 1. The van der Waals surface area contributed by atoms with Crippen molar-refractivity contribution in [3.8, 4) is 0 Å². The van der Waals surface area contributed by atoms with Crippen molar-refractivity contribution in [2.45, 2.75) is 59.9 Å². The van der Waals surface area contributed by atoms with Gasteiger partial charge in [-0.3, -0.25) is 4.79 Å². The number of aliphatic hydroxyl groups is 1. The molecule has 1 aliphatic heterocycles. The van der Waals surface area contributed by atoms with Gasteiger partial charge in [0.15, 0.2) is 9.84 Å². The van der Waals surface area contributed by atoms with E-state index in [1.165, 1.54) is 36.1 Å². The van der Waals surface area contributed by atoms with Crippen molar-refractivity contribution in [1.82, 2.24) is 4.90 Å². The molecule has 0 bridgehead atoms. The van der Waals surface area contributed by atoms with Gasteiger partial charge in [-0.2, -0.15) is 26.3 Å². The second-order valence-corrected chi connectivity index (χ2v) is 14.7. The number of hydrogen-bond acceptors (Lipinski definition) is 6. The SMILES string of the molecule is CC(CO)(CO[Si]=O)C(=O)N1CC[C@@]2(S(=O)(=O)c3ccc(I)cc3)c3ccc(C(F)(C(F)(F)F)C(F)(F)F)cc3CC[C@@H]12. The number of aryl methyl sites for hydroxylation is 1. The zero-order valence-electron chi connectivity index (χ0n) is 22.2. The van der Waals surface area contributed by atoms with E-state index in [1.807, 2.05) is 22.6 Å².